The van der Waals surface area contributed by atoms with Crippen molar-refractivity contribution in [2.24, 2.45) is 5.73 Å². The number of nitrogens with zero attached hydrogens (tertiary/aromatic N) is 2. The summed E-state index contributed by atoms with van der Waals surface area (Å²) in [5.74, 6) is 0.170. The number of hydrogen-bond donors (Lipinski definition) is 2. The largest absolute Gasteiger partial charge is 0.497 e. The molecule has 0 aliphatic carbocycles. The number of amides is 2. The zero-order chi connectivity index (χ0) is 24.4. The summed E-state index contributed by atoms with van der Waals surface area (Å²) < 4.78 is 10.2. The minimum atomic E-state index is -0.751. The first-order valence-corrected chi connectivity index (χ1v) is 11.6. The molecule has 3 N–H and O–H groups in total. The first kappa shape index (κ1) is 26.0. The Hall–Kier alpha value is -3.25. The van der Waals surface area contributed by atoms with Gasteiger partial charge in [0.15, 0.2) is 0 Å². The van der Waals surface area contributed by atoms with Crippen molar-refractivity contribution in [3.63, 3.8) is 0 Å². The summed E-state index contributed by atoms with van der Waals surface area (Å²) in [4.78, 5) is 26.1. The molecule has 178 valence electrons. The molecule has 2 amide bonds. The molecule has 3 rings (SSSR count). The van der Waals surface area contributed by atoms with Gasteiger partial charge in [-0.15, -0.1) is 11.3 Å². The zero-order valence-corrected chi connectivity index (χ0v) is 20.4. The Morgan fingerprint density at radius 3 is 2.48 bits per heavy atom. The highest BCUT2D eigenvalue weighted by Gasteiger charge is 2.23. The van der Waals surface area contributed by atoms with E-state index < -0.39 is 23.6 Å². The van der Waals surface area contributed by atoms with Crippen molar-refractivity contribution in [2.75, 3.05) is 25.1 Å². The van der Waals surface area contributed by atoms with Gasteiger partial charge in [0.1, 0.15) is 23.5 Å². The fourth-order valence-corrected chi connectivity index (χ4v) is 4.02. The second-order valence-electron chi connectivity index (χ2n) is 8.57. The summed E-state index contributed by atoms with van der Waals surface area (Å²) in [7, 11) is 1.62. The third-order valence-corrected chi connectivity index (χ3v) is 5.69. The summed E-state index contributed by atoms with van der Waals surface area (Å²) in [5, 5.41) is 13.5. The van der Waals surface area contributed by atoms with Crippen molar-refractivity contribution in [3.05, 3.63) is 46.2 Å². The summed E-state index contributed by atoms with van der Waals surface area (Å²) in [6.07, 6.45) is 2.18. The van der Waals surface area contributed by atoms with E-state index >= 15 is 0 Å². The number of nitrogens with two attached hydrogens (primary N) is 1. The van der Waals surface area contributed by atoms with E-state index in [4.69, 9.17) is 20.5 Å². The van der Waals surface area contributed by atoms with E-state index in [1.165, 1.54) is 24.2 Å². The van der Waals surface area contributed by atoms with Crippen molar-refractivity contribution in [1.29, 1.82) is 5.26 Å². The van der Waals surface area contributed by atoms with Crippen LogP contribution in [0.4, 0.5) is 10.5 Å². The summed E-state index contributed by atoms with van der Waals surface area (Å²) >= 11 is 1.51. The molecule has 1 atom stereocenters. The van der Waals surface area contributed by atoms with Crippen molar-refractivity contribution in [2.45, 2.75) is 51.7 Å². The van der Waals surface area contributed by atoms with Crippen molar-refractivity contribution < 1.29 is 19.1 Å². The van der Waals surface area contributed by atoms with Crippen LogP contribution in [0.25, 0.3) is 0 Å². The lowest BCUT2D eigenvalue weighted by atomic mass is 10.1. The molecule has 1 aliphatic heterocycles. The third kappa shape index (κ3) is 8.66. The molecule has 0 spiro atoms. The summed E-state index contributed by atoms with van der Waals surface area (Å²) in [6.45, 7) is 7.38. The van der Waals surface area contributed by atoms with Gasteiger partial charge < -0.3 is 25.4 Å². The highest BCUT2D eigenvalue weighted by atomic mass is 32.1. The Kier molecular flexibility index (Phi) is 9.55. The number of alkyl carbamates (subject to hydrolysis) is 1. The molecule has 9 heteroatoms. The summed E-state index contributed by atoms with van der Waals surface area (Å²) in [6, 6.07) is 10.9. The van der Waals surface area contributed by atoms with Crippen LogP contribution in [0.2, 0.25) is 0 Å². The van der Waals surface area contributed by atoms with Crippen LogP contribution in [0.5, 0.6) is 5.75 Å². The van der Waals surface area contributed by atoms with Crippen molar-refractivity contribution >= 4 is 29.0 Å². The lowest BCUT2D eigenvalue weighted by molar-refractivity contribution is -0.120. The van der Waals surface area contributed by atoms with E-state index in [-0.39, 0.29) is 0 Å². The highest BCUT2D eigenvalue weighted by Crippen LogP contribution is 2.27. The molecular formula is C24H32N4O4S. The number of primary amides is 1. The van der Waals surface area contributed by atoms with Crippen LogP contribution in [-0.2, 0) is 16.0 Å². The molecule has 0 saturated carbocycles. The van der Waals surface area contributed by atoms with Crippen LogP contribution >= 0.6 is 11.3 Å². The van der Waals surface area contributed by atoms with E-state index in [9.17, 15) is 9.59 Å². The molecule has 0 bridgehead atoms. The molecule has 1 saturated heterocycles. The fraction of sp³-hybridized carbons (Fsp3) is 0.458. The number of carbonyl (C=O) groups excluding carboxylic acids is 2. The maximum Gasteiger partial charge on any atom is 0.408 e. The van der Waals surface area contributed by atoms with E-state index in [2.05, 4.69) is 16.3 Å². The van der Waals surface area contributed by atoms with Crippen LogP contribution < -0.4 is 20.7 Å². The normalized spacial score (nSPS) is 13.8. The first-order valence-electron chi connectivity index (χ1n) is 10.8. The number of anilines is 1. The Morgan fingerprint density at radius 1 is 1.27 bits per heavy atom. The predicted molar refractivity (Wildman–Crippen MR) is 130 cm³/mol. The Bertz CT molecular complexity index is 958. The number of methoxy groups -OCH3 is 1. The Morgan fingerprint density at radius 2 is 1.97 bits per heavy atom. The highest BCUT2D eigenvalue weighted by molar-refractivity contribution is 7.09. The third-order valence-electron chi connectivity index (χ3n) is 4.79. The van der Waals surface area contributed by atoms with E-state index in [1.807, 2.05) is 29.6 Å². The minimum Gasteiger partial charge on any atom is -0.497 e. The standard InChI is InChI=1S/C12H18N2O3S.C12H14N2O/c1-12(2,3)17-11(16)14-9(10(13)15)7-8-5-4-6-18-8;1-15-11-4-5-12(10(8-11)9-13)14-6-2-3-7-14/h4-6,9H,7H2,1-3H3,(H2,13,15)(H,14,16);4-5,8H,2-3,6-7H2,1H3/t9-;/m0./s1. The molecule has 2 heterocycles. The number of rotatable bonds is 6. The second kappa shape index (κ2) is 12.1. The molecule has 1 fully saturated rings. The average molecular weight is 473 g/mol. The number of thiophene rings is 1. The maximum atomic E-state index is 11.6. The maximum absolute atomic E-state index is 11.6. The molecule has 1 aromatic carbocycles. The van der Waals surface area contributed by atoms with Gasteiger partial charge in [0.2, 0.25) is 5.91 Å². The van der Waals surface area contributed by atoms with Gasteiger partial charge in [-0.25, -0.2) is 4.79 Å². The van der Waals surface area contributed by atoms with E-state index in [0.717, 1.165) is 29.4 Å². The Balaban J connectivity index is 0.000000237. The van der Waals surface area contributed by atoms with Crippen molar-refractivity contribution in [1.82, 2.24) is 5.32 Å². The molecule has 1 aromatic heterocycles. The smallest absolute Gasteiger partial charge is 0.408 e. The molecular weight excluding hydrogens is 440 g/mol. The number of carbonyl (C=O) groups is 2. The Labute approximate surface area is 199 Å². The van der Waals surface area contributed by atoms with Gasteiger partial charge in [-0.1, -0.05) is 6.07 Å². The molecule has 1 aliphatic rings. The molecule has 33 heavy (non-hydrogen) atoms. The number of ether oxygens (including phenoxy) is 2. The molecule has 0 unspecified atom stereocenters. The summed E-state index contributed by atoms with van der Waals surface area (Å²) in [5.41, 5.74) is 6.40. The predicted octanol–water partition coefficient (Wildman–Crippen LogP) is 3.84. The molecule has 8 nitrogen and oxygen atoms in total. The average Bonchev–Trinajstić information content (AvgIpc) is 3.46. The second-order valence-corrected chi connectivity index (χ2v) is 9.61. The van der Waals surface area contributed by atoms with Gasteiger partial charge in [-0.3, -0.25) is 4.79 Å². The lowest BCUT2D eigenvalue weighted by Gasteiger charge is -2.22. The van der Waals surface area contributed by atoms with Gasteiger partial charge >= 0.3 is 6.09 Å². The number of nitriles is 1. The minimum absolute atomic E-state index is 0.381. The van der Waals surface area contributed by atoms with Gasteiger partial charge in [-0.2, -0.15) is 5.26 Å². The number of benzene rings is 1. The van der Waals surface area contributed by atoms with Crippen LogP contribution in [0.1, 0.15) is 44.1 Å². The molecule has 2 aromatic rings. The zero-order valence-electron chi connectivity index (χ0n) is 19.6. The van der Waals surface area contributed by atoms with Crippen LogP contribution in [0.15, 0.2) is 35.7 Å². The van der Waals surface area contributed by atoms with Crippen LogP contribution in [0.3, 0.4) is 0 Å². The van der Waals surface area contributed by atoms with Crippen LogP contribution in [0, 0.1) is 11.3 Å². The van der Waals surface area contributed by atoms with Gasteiger partial charge in [-0.05, 0) is 63.3 Å². The van der Waals surface area contributed by atoms with Gasteiger partial charge in [0.05, 0.1) is 18.4 Å². The van der Waals surface area contributed by atoms with Crippen LogP contribution in [-0.4, -0.2) is 43.8 Å². The number of hydrogen-bond acceptors (Lipinski definition) is 7. The quantitative estimate of drug-likeness (QED) is 0.660. The SMILES string of the molecule is CC(C)(C)OC(=O)N[C@@H](Cc1cccs1)C(N)=O.COc1ccc(N2CCCC2)c(C#N)c1. The van der Waals surface area contributed by atoms with E-state index in [0.29, 0.717) is 12.0 Å². The van der Waals surface area contributed by atoms with Crippen molar-refractivity contribution in [3.8, 4) is 11.8 Å². The monoisotopic (exact) mass is 472 g/mol. The fourth-order valence-electron chi connectivity index (χ4n) is 3.27. The van der Waals surface area contributed by atoms with E-state index in [1.54, 1.807) is 33.9 Å². The first-order chi connectivity index (χ1) is 15.6. The molecule has 0 radical (unpaired) electrons. The number of nitrogens with one attached hydrogen (secondary N) is 1. The van der Waals surface area contributed by atoms with Gasteiger partial charge in [0.25, 0.3) is 0 Å². The van der Waals surface area contributed by atoms with Gasteiger partial charge in [0, 0.05) is 24.4 Å². The lowest BCUT2D eigenvalue weighted by Crippen LogP contribution is -2.47. The topological polar surface area (TPSA) is 118 Å².